The van der Waals surface area contributed by atoms with Gasteiger partial charge in [-0.15, -0.1) is 0 Å². The average molecular weight is 397 g/mol. The standard InChI is InChI=1S/C22H28FN5O/c23-18-6-2-1-5-15(18)22-16-10-19(26-13-20(16)27-28-22)17-12-25-9-7-21(17)29-14-4-3-8-24-11-14/h1-2,5-7,9,12,14,16,19-20,22,24,26-28H,3-4,8,10-11,13H2/t14-,16?,19?,20?,22?/m0/s1. The van der Waals surface area contributed by atoms with E-state index in [4.69, 9.17) is 4.74 Å². The van der Waals surface area contributed by atoms with Crippen molar-refractivity contribution in [1.82, 2.24) is 26.5 Å². The predicted molar refractivity (Wildman–Crippen MR) is 109 cm³/mol. The van der Waals surface area contributed by atoms with E-state index >= 15 is 0 Å². The Bertz CT molecular complexity index is 843. The summed E-state index contributed by atoms with van der Waals surface area (Å²) in [6.45, 7) is 2.76. The Morgan fingerprint density at radius 3 is 2.86 bits per heavy atom. The highest BCUT2D eigenvalue weighted by Gasteiger charge is 2.42. The third kappa shape index (κ3) is 3.88. The lowest BCUT2D eigenvalue weighted by Crippen LogP contribution is -2.46. The first-order chi connectivity index (χ1) is 14.3. The summed E-state index contributed by atoms with van der Waals surface area (Å²) >= 11 is 0. The first kappa shape index (κ1) is 18.9. The van der Waals surface area contributed by atoms with Gasteiger partial charge in [0, 0.05) is 48.7 Å². The summed E-state index contributed by atoms with van der Waals surface area (Å²) in [5.74, 6) is 1.03. The molecule has 2 aromatic rings. The van der Waals surface area contributed by atoms with Gasteiger partial charge in [-0.25, -0.2) is 9.82 Å². The molecule has 0 saturated carbocycles. The lowest BCUT2D eigenvalue weighted by molar-refractivity contribution is 0.162. The lowest BCUT2D eigenvalue weighted by atomic mass is 9.80. The van der Waals surface area contributed by atoms with Crippen LogP contribution < -0.4 is 26.2 Å². The topological polar surface area (TPSA) is 70.2 Å². The molecular weight excluding hydrogens is 369 g/mol. The third-order valence-electron chi connectivity index (χ3n) is 6.43. The van der Waals surface area contributed by atoms with E-state index in [1.165, 1.54) is 6.07 Å². The molecule has 0 radical (unpaired) electrons. The van der Waals surface area contributed by atoms with Crippen molar-refractivity contribution in [3.63, 3.8) is 0 Å². The highest BCUT2D eigenvalue weighted by Crippen LogP contribution is 2.40. The van der Waals surface area contributed by atoms with Crippen molar-refractivity contribution in [2.24, 2.45) is 5.92 Å². The van der Waals surface area contributed by atoms with Gasteiger partial charge in [0.2, 0.25) is 0 Å². The molecule has 3 aliphatic rings. The number of halogens is 1. The Morgan fingerprint density at radius 2 is 2.00 bits per heavy atom. The molecule has 0 amide bonds. The van der Waals surface area contributed by atoms with Gasteiger partial charge in [-0.1, -0.05) is 18.2 Å². The highest BCUT2D eigenvalue weighted by atomic mass is 19.1. The van der Waals surface area contributed by atoms with Crippen molar-refractivity contribution >= 4 is 0 Å². The zero-order valence-electron chi connectivity index (χ0n) is 16.4. The van der Waals surface area contributed by atoms with Crippen molar-refractivity contribution < 1.29 is 9.13 Å². The number of rotatable bonds is 4. The van der Waals surface area contributed by atoms with Gasteiger partial charge in [-0.3, -0.25) is 10.4 Å². The van der Waals surface area contributed by atoms with Crippen LogP contribution in [-0.4, -0.2) is 36.8 Å². The fraction of sp³-hybridized carbons (Fsp3) is 0.500. The van der Waals surface area contributed by atoms with Gasteiger partial charge >= 0.3 is 0 Å². The van der Waals surface area contributed by atoms with Crippen molar-refractivity contribution in [2.45, 2.75) is 43.5 Å². The summed E-state index contributed by atoms with van der Waals surface area (Å²) < 4.78 is 20.8. The van der Waals surface area contributed by atoms with Gasteiger partial charge in [-0.2, -0.15) is 0 Å². The number of hydrazine groups is 1. The number of nitrogens with one attached hydrogen (secondary N) is 4. The molecule has 154 valence electrons. The Balaban J connectivity index is 1.36. The Labute approximate surface area is 170 Å². The first-order valence-electron chi connectivity index (χ1n) is 10.6. The number of hydrogen-bond acceptors (Lipinski definition) is 6. The molecule has 6 nitrogen and oxygen atoms in total. The first-order valence-corrected chi connectivity index (χ1v) is 10.6. The van der Waals surface area contributed by atoms with E-state index in [0.717, 1.165) is 55.8 Å². The summed E-state index contributed by atoms with van der Waals surface area (Å²) in [5, 5.41) is 7.04. The summed E-state index contributed by atoms with van der Waals surface area (Å²) in [6.07, 6.45) is 6.99. The lowest BCUT2D eigenvalue weighted by Gasteiger charge is -2.35. The van der Waals surface area contributed by atoms with Crippen LogP contribution in [0.3, 0.4) is 0 Å². The molecule has 4 N–H and O–H groups in total. The number of aromatic nitrogens is 1. The molecule has 1 aromatic carbocycles. The Kier molecular flexibility index (Phi) is 5.46. The number of piperidine rings is 2. The van der Waals surface area contributed by atoms with Crippen molar-refractivity contribution in [1.29, 1.82) is 0 Å². The molecule has 0 spiro atoms. The second-order valence-electron chi connectivity index (χ2n) is 8.25. The van der Waals surface area contributed by atoms with Crippen LogP contribution in [0.5, 0.6) is 5.75 Å². The average Bonchev–Trinajstić information content (AvgIpc) is 3.18. The fourth-order valence-corrected chi connectivity index (χ4v) is 4.91. The number of fused-ring (bicyclic) bond motifs is 1. The van der Waals surface area contributed by atoms with Crippen LogP contribution in [0.2, 0.25) is 0 Å². The molecule has 4 unspecified atom stereocenters. The van der Waals surface area contributed by atoms with Crippen LogP contribution in [0.15, 0.2) is 42.7 Å². The molecule has 5 atom stereocenters. The van der Waals surface area contributed by atoms with E-state index < -0.39 is 0 Å². The van der Waals surface area contributed by atoms with Crippen LogP contribution >= 0.6 is 0 Å². The van der Waals surface area contributed by atoms with E-state index in [2.05, 4.69) is 26.5 Å². The predicted octanol–water partition coefficient (Wildman–Crippen LogP) is 2.22. The van der Waals surface area contributed by atoms with Gasteiger partial charge in [0.25, 0.3) is 0 Å². The number of nitrogens with zero attached hydrogens (tertiary/aromatic N) is 1. The maximum absolute atomic E-state index is 14.4. The molecular formula is C22H28FN5O. The smallest absolute Gasteiger partial charge is 0.128 e. The maximum Gasteiger partial charge on any atom is 0.128 e. The summed E-state index contributed by atoms with van der Waals surface area (Å²) in [5.41, 5.74) is 8.49. The molecule has 7 heteroatoms. The van der Waals surface area contributed by atoms with Crippen molar-refractivity contribution in [3.05, 3.63) is 59.7 Å². The second-order valence-corrected chi connectivity index (χ2v) is 8.25. The van der Waals surface area contributed by atoms with Crippen LogP contribution in [0.1, 0.15) is 42.5 Å². The normalized spacial score (nSPS) is 32.0. The summed E-state index contributed by atoms with van der Waals surface area (Å²) in [7, 11) is 0. The fourth-order valence-electron chi connectivity index (χ4n) is 4.91. The highest BCUT2D eigenvalue weighted by molar-refractivity contribution is 5.34. The molecule has 3 aliphatic heterocycles. The van der Waals surface area contributed by atoms with E-state index in [1.54, 1.807) is 12.3 Å². The van der Waals surface area contributed by atoms with Gasteiger partial charge < -0.3 is 15.4 Å². The van der Waals surface area contributed by atoms with E-state index in [-0.39, 0.29) is 36.0 Å². The van der Waals surface area contributed by atoms with Crippen LogP contribution in [-0.2, 0) is 0 Å². The largest absolute Gasteiger partial charge is 0.489 e. The van der Waals surface area contributed by atoms with Crippen LogP contribution in [0.25, 0.3) is 0 Å². The van der Waals surface area contributed by atoms with Gasteiger partial charge in [0.05, 0.1) is 6.04 Å². The second kappa shape index (κ2) is 8.36. The van der Waals surface area contributed by atoms with Gasteiger partial charge in [-0.05, 0) is 43.9 Å². The number of benzene rings is 1. The molecule has 1 aromatic heterocycles. The molecule has 5 rings (SSSR count). The Morgan fingerprint density at radius 1 is 1.07 bits per heavy atom. The molecule has 3 saturated heterocycles. The van der Waals surface area contributed by atoms with E-state index in [1.807, 2.05) is 24.4 Å². The quantitative estimate of drug-likeness (QED) is 0.634. The number of hydrogen-bond donors (Lipinski definition) is 4. The summed E-state index contributed by atoms with van der Waals surface area (Å²) in [6, 6.07) is 9.37. The molecule has 3 fully saturated rings. The molecule has 0 bridgehead atoms. The summed E-state index contributed by atoms with van der Waals surface area (Å²) in [4.78, 5) is 4.36. The zero-order valence-corrected chi connectivity index (χ0v) is 16.4. The third-order valence-corrected chi connectivity index (χ3v) is 6.43. The molecule has 0 aliphatic carbocycles. The van der Waals surface area contributed by atoms with Crippen molar-refractivity contribution in [3.8, 4) is 5.75 Å². The maximum atomic E-state index is 14.4. The minimum absolute atomic E-state index is 0.0469. The van der Waals surface area contributed by atoms with Crippen LogP contribution in [0.4, 0.5) is 4.39 Å². The van der Waals surface area contributed by atoms with E-state index in [9.17, 15) is 4.39 Å². The Hall–Kier alpha value is -2.06. The van der Waals surface area contributed by atoms with Crippen LogP contribution in [0, 0.1) is 11.7 Å². The van der Waals surface area contributed by atoms with Gasteiger partial charge in [0.1, 0.15) is 17.7 Å². The van der Waals surface area contributed by atoms with E-state index in [0.29, 0.717) is 0 Å². The SMILES string of the molecule is Fc1ccccc1C1NNC2CNC(c3cnccc3O[C@H]3CCCNC3)CC21. The number of ether oxygens (including phenoxy) is 1. The van der Waals surface area contributed by atoms with Gasteiger partial charge in [0.15, 0.2) is 0 Å². The minimum Gasteiger partial charge on any atom is -0.489 e. The number of pyridine rings is 1. The molecule has 4 heterocycles. The van der Waals surface area contributed by atoms with Crippen molar-refractivity contribution in [2.75, 3.05) is 19.6 Å². The zero-order chi connectivity index (χ0) is 19.6. The monoisotopic (exact) mass is 397 g/mol. The minimum atomic E-state index is -0.155. The molecule has 29 heavy (non-hydrogen) atoms.